The van der Waals surface area contributed by atoms with Crippen molar-refractivity contribution in [1.82, 2.24) is 14.9 Å². The van der Waals surface area contributed by atoms with Gasteiger partial charge < -0.3 is 15.0 Å². The van der Waals surface area contributed by atoms with E-state index in [4.69, 9.17) is 4.74 Å². The summed E-state index contributed by atoms with van der Waals surface area (Å²) in [6.45, 7) is 3.28. The van der Waals surface area contributed by atoms with E-state index in [1.165, 1.54) is 24.3 Å². The van der Waals surface area contributed by atoms with Crippen molar-refractivity contribution in [2.24, 2.45) is 4.99 Å². The fourth-order valence-electron chi connectivity index (χ4n) is 4.44. The quantitative estimate of drug-likeness (QED) is 0.565. The Morgan fingerprint density at radius 1 is 1.11 bits per heavy atom. The van der Waals surface area contributed by atoms with Gasteiger partial charge in [0.15, 0.2) is 5.78 Å². The highest BCUT2D eigenvalue weighted by Gasteiger charge is 2.36. The lowest BCUT2D eigenvalue weighted by atomic mass is 9.87. The number of ketones is 1. The zero-order chi connectivity index (χ0) is 26.1. The van der Waals surface area contributed by atoms with E-state index in [0.29, 0.717) is 37.4 Å². The third-order valence-electron chi connectivity index (χ3n) is 6.28. The molecule has 11 heteroatoms. The minimum atomic E-state index is -1.42. The number of benzene rings is 2. The number of fused-ring (bicyclic) bond motifs is 1. The summed E-state index contributed by atoms with van der Waals surface area (Å²) in [6.07, 6.45) is 0.986. The Hall–Kier alpha value is -4.12. The lowest BCUT2D eigenvalue weighted by molar-refractivity contribution is -0.133. The van der Waals surface area contributed by atoms with Crippen molar-refractivity contribution < 1.29 is 27.5 Å². The van der Waals surface area contributed by atoms with Gasteiger partial charge >= 0.3 is 0 Å². The third kappa shape index (κ3) is 4.82. The third-order valence-corrected chi connectivity index (χ3v) is 6.28. The summed E-state index contributed by atoms with van der Waals surface area (Å²) in [5.74, 6) is -4.60. The fraction of sp³-hybridized carbons (Fsp3) is 0.269. The number of hydrogen-bond donors (Lipinski definition) is 1. The van der Waals surface area contributed by atoms with Crippen LogP contribution in [-0.2, 0) is 14.3 Å². The summed E-state index contributed by atoms with van der Waals surface area (Å²) < 4.78 is 48.7. The molecule has 1 atom stereocenters. The van der Waals surface area contributed by atoms with Crippen LogP contribution in [0.4, 0.5) is 24.8 Å². The van der Waals surface area contributed by atoms with Gasteiger partial charge in [0.2, 0.25) is 11.9 Å². The number of anilines is 1. The zero-order valence-corrected chi connectivity index (χ0v) is 19.8. The molecule has 3 aromatic rings. The van der Waals surface area contributed by atoms with Gasteiger partial charge in [-0.25, -0.2) is 28.1 Å². The van der Waals surface area contributed by atoms with Crippen molar-refractivity contribution in [2.75, 3.05) is 38.2 Å². The number of aliphatic imine (C=N–C) groups is 1. The number of hydrogen-bond acceptors (Lipinski definition) is 7. The number of carbonyl (C=O) groups is 2. The SMILES string of the molecule is Cc1cc(F)ccc1-c1nc(NCC(=O)N2CCOCC2)nc2c1N=CC(=O)C2c1c(F)cccc1F. The van der Waals surface area contributed by atoms with E-state index < -0.39 is 34.7 Å². The second-order valence-electron chi connectivity index (χ2n) is 8.66. The first kappa shape index (κ1) is 24.6. The molecular formula is C26H22F3N5O3. The number of amides is 1. The number of nitrogens with zero attached hydrogens (tertiary/aromatic N) is 4. The smallest absolute Gasteiger partial charge is 0.242 e. The van der Waals surface area contributed by atoms with E-state index in [0.717, 1.165) is 18.3 Å². The number of Topliss-reactive ketones (excluding diaryl/α,β-unsaturated/α-hetero) is 1. The summed E-state index contributed by atoms with van der Waals surface area (Å²) in [5.41, 5.74) is 0.891. The Kier molecular flexibility index (Phi) is 6.70. The minimum absolute atomic E-state index is 0.0217. The van der Waals surface area contributed by atoms with Crippen LogP contribution in [0.2, 0.25) is 0 Å². The Bertz CT molecular complexity index is 1400. The molecule has 1 saturated heterocycles. The van der Waals surface area contributed by atoms with E-state index >= 15 is 0 Å². The zero-order valence-electron chi connectivity index (χ0n) is 19.8. The number of ether oxygens (including phenoxy) is 1. The van der Waals surface area contributed by atoms with E-state index in [2.05, 4.69) is 20.3 Å². The number of nitrogens with one attached hydrogen (secondary N) is 1. The molecule has 1 fully saturated rings. The highest BCUT2D eigenvalue weighted by atomic mass is 19.1. The van der Waals surface area contributed by atoms with Gasteiger partial charge in [0, 0.05) is 24.2 Å². The van der Waals surface area contributed by atoms with Crippen molar-refractivity contribution in [3.05, 3.63) is 70.7 Å². The van der Waals surface area contributed by atoms with Crippen molar-refractivity contribution in [1.29, 1.82) is 0 Å². The number of morpholine rings is 1. The van der Waals surface area contributed by atoms with Gasteiger partial charge in [-0.1, -0.05) is 6.07 Å². The maximum atomic E-state index is 14.8. The first-order valence-electron chi connectivity index (χ1n) is 11.6. The number of halogens is 3. The Morgan fingerprint density at radius 3 is 2.54 bits per heavy atom. The maximum absolute atomic E-state index is 14.8. The van der Waals surface area contributed by atoms with Crippen LogP contribution in [0.15, 0.2) is 41.4 Å². The molecule has 5 rings (SSSR count). The predicted molar refractivity (Wildman–Crippen MR) is 129 cm³/mol. The molecule has 190 valence electrons. The number of aryl methyl sites for hydroxylation is 1. The van der Waals surface area contributed by atoms with Crippen LogP contribution in [-0.4, -0.2) is 65.6 Å². The molecule has 1 unspecified atom stereocenters. The van der Waals surface area contributed by atoms with E-state index in [1.54, 1.807) is 11.8 Å². The van der Waals surface area contributed by atoms with E-state index in [-0.39, 0.29) is 35.5 Å². The van der Waals surface area contributed by atoms with E-state index in [1.807, 2.05) is 0 Å². The van der Waals surface area contributed by atoms with Gasteiger partial charge in [-0.05, 0) is 42.8 Å². The Balaban J connectivity index is 1.62. The molecule has 8 nitrogen and oxygen atoms in total. The lowest BCUT2D eigenvalue weighted by Gasteiger charge is -2.27. The fourth-order valence-corrected chi connectivity index (χ4v) is 4.44. The van der Waals surface area contributed by atoms with Crippen LogP contribution in [0.3, 0.4) is 0 Å². The van der Waals surface area contributed by atoms with Crippen molar-refractivity contribution in [3.63, 3.8) is 0 Å². The summed E-state index contributed by atoms with van der Waals surface area (Å²) in [5, 5.41) is 2.87. The summed E-state index contributed by atoms with van der Waals surface area (Å²) in [7, 11) is 0. The molecule has 0 saturated carbocycles. The Morgan fingerprint density at radius 2 is 1.84 bits per heavy atom. The van der Waals surface area contributed by atoms with Gasteiger partial charge in [0.05, 0.1) is 37.6 Å². The van der Waals surface area contributed by atoms with Crippen LogP contribution < -0.4 is 5.32 Å². The molecule has 1 N–H and O–H groups in total. The average Bonchev–Trinajstić information content (AvgIpc) is 2.88. The van der Waals surface area contributed by atoms with Gasteiger partial charge in [-0.15, -0.1) is 0 Å². The molecule has 3 heterocycles. The van der Waals surface area contributed by atoms with Gasteiger partial charge in [0.1, 0.15) is 28.8 Å². The second kappa shape index (κ2) is 10.1. The molecule has 0 aliphatic carbocycles. The van der Waals surface area contributed by atoms with Crippen LogP contribution >= 0.6 is 0 Å². The molecule has 2 aliphatic heterocycles. The highest BCUT2D eigenvalue weighted by molar-refractivity contribution is 6.33. The maximum Gasteiger partial charge on any atom is 0.242 e. The molecule has 0 bridgehead atoms. The predicted octanol–water partition coefficient (Wildman–Crippen LogP) is 3.56. The molecule has 0 spiro atoms. The summed E-state index contributed by atoms with van der Waals surface area (Å²) in [4.78, 5) is 40.3. The van der Waals surface area contributed by atoms with Crippen LogP contribution in [0.25, 0.3) is 11.3 Å². The molecule has 2 aliphatic rings. The molecule has 0 radical (unpaired) electrons. The van der Waals surface area contributed by atoms with Gasteiger partial charge in [-0.3, -0.25) is 9.59 Å². The van der Waals surface area contributed by atoms with Crippen LogP contribution in [0.1, 0.15) is 22.7 Å². The molecule has 37 heavy (non-hydrogen) atoms. The first-order valence-corrected chi connectivity index (χ1v) is 11.6. The summed E-state index contributed by atoms with van der Waals surface area (Å²) in [6, 6.07) is 7.38. The largest absolute Gasteiger partial charge is 0.378 e. The van der Waals surface area contributed by atoms with Crippen molar-refractivity contribution >= 4 is 29.5 Å². The highest BCUT2D eigenvalue weighted by Crippen LogP contribution is 2.42. The van der Waals surface area contributed by atoms with Crippen molar-refractivity contribution in [3.8, 4) is 11.3 Å². The minimum Gasteiger partial charge on any atom is -0.378 e. The standard InChI is InChI=1S/C26H22F3N5O3/c1-14-11-15(27)5-6-16(14)23-25-24(22(19(35)12-30-25)21-17(28)3-2-4-18(21)29)33-26(32-23)31-13-20(36)34-7-9-37-10-8-34/h2-6,11-12,22H,7-10,13H2,1H3,(H,31,32,33). The number of aromatic nitrogens is 2. The molecule has 1 aromatic heterocycles. The normalized spacial score (nSPS) is 17.0. The summed E-state index contributed by atoms with van der Waals surface area (Å²) >= 11 is 0. The van der Waals surface area contributed by atoms with Crippen molar-refractivity contribution in [2.45, 2.75) is 12.8 Å². The topological polar surface area (TPSA) is 96.8 Å². The van der Waals surface area contributed by atoms with Crippen LogP contribution in [0.5, 0.6) is 0 Å². The first-order chi connectivity index (χ1) is 17.8. The monoisotopic (exact) mass is 509 g/mol. The van der Waals surface area contributed by atoms with E-state index in [9.17, 15) is 22.8 Å². The lowest BCUT2D eigenvalue weighted by Crippen LogP contribution is -2.43. The average molecular weight is 509 g/mol. The molecular weight excluding hydrogens is 487 g/mol. The van der Waals surface area contributed by atoms with Gasteiger partial charge in [0.25, 0.3) is 0 Å². The molecule has 2 aromatic carbocycles. The van der Waals surface area contributed by atoms with Crippen LogP contribution in [0, 0.1) is 24.4 Å². The second-order valence-corrected chi connectivity index (χ2v) is 8.66. The Labute approximate surface area is 210 Å². The molecule has 1 amide bonds. The number of rotatable bonds is 5. The van der Waals surface area contributed by atoms with Gasteiger partial charge in [-0.2, -0.15) is 0 Å². The number of carbonyl (C=O) groups excluding carboxylic acids is 2.